The number of methoxy groups -OCH3 is 1. The summed E-state index contributed by atoms with van der Waals surface area (Å²) in [4.78, 5) is 4.88. The van der Waals surface area contributed by atoms with E-state index >= 15 is 0 Å². The monoisotopic (exact) mass is 333 g/mol. The summed E-state index contributed by atoms with van der Waals surface area (Å²) in [5.41, 5.74) is 1.35. The molecule has 1 aromatic carbocycles. The maximum Gasteiger partial charge on any atom is 0.191 e. The predicted octanol–water partition coefficient (Wildman–Crippen LogP) is 2.71. The van der Waals surface area contributed by atoms with Crippen molar-refractivity contribution in [3.63, 3.8) is 0 Å². The molecule has 1 aliphatic heterocycles. The van der Waals surface area contributed by atoms with Gasteiger partial charge in [0.2, 0.25) is 0 Å². The molecule has 2 N–H and O–H groups in total. The highest BCUT2D eigenvalue weighted by molar-refractivity contribution is 5.80. The Hall–Kier alpha value is -1.75. The minimum absolute atomic E-state index is 0.0316. The SMILES string of the molecule is CCNC(=NCC1(c2ccc(OC)cc2)CCOCC1)NC(C)C. The second kappa shape index (κ2) is 8.92. The first-order valence-electron chi connectivity index (χ1n) is 8.87. The van der Waals surface area contributed by atoms with Gasteiger partial charge in [-0.1, -0.05) is 12.1 Å². The van der Waals surface area contributed by atoms with E-state index in [4.69, 9.17) is 14.5 Å². The van der Waals surface area contributed by atoms with E-state index < -0.39 is 0 Å². The molecule has 5 nitrogen and oxygen atoms in total. The highest BCUT2D eigenvalue weighted by Crippen LogP contribution is 2.36. The van der Waals surface area contributed by atoms with Gasteiger partial charge in [0, 0.05) is 31.2 Å². The molecule has 0 aromatic heterocycles. The zero-order valence-corrected chi connectivity index (χ0v) is 15.4. The lowest BCUT2D eigenvalue weighted by Gasteiger charge is -2.36. The van der Waals surface area contributed by atoms with Gasteiger partial charge in [-0.3, -0.25) is 4.99 Å². The van der Waals surface area contributed by atoms with Crippen LogP contribution in [0, 0.1) is 0 Å². The molecular weight excluding hydrogens is 302 g/mol. The number of hydrogen-bond acceptors (Lipinski definition) is 3. The average Bonchev–Trinajstić information content (AvgIpc) is 2.60. The Labute approximate surface area is 145 Å². The van der Waals surface area contributed by atoms with Crippen molar-refractivity contribution in [3.8, 4) is 5.75 Å². The Morgan fingerprint density at radius 3 is 2.46 bits per heavy atom. The van der Waals surface area contributed by atoms with Gasteiger partial charge < -0.3 is 20.1 Å². The van der Waals surface area contributed by atoms with E-state index in [1.807, 2.05) is 12.1 Å². The maximum atomic E-state index is 5.61. The van der Waals surface area contributed by atoms with Crippen molar-refractivity contribution >= 4 is 5.96 Å². The molecule has 0 saturated carbocycles. The molecule has 0 atom stereocenters. The maximum absolute atomic E-state index is 5.61. The molecule has 0 bridgehead atoms. The summed E-state index contributed by atoms with van der Waals surface area (Å²) in [6.45, 7) is 9.53. The van der Waals surface area contributed by atoms with Crippen molar-refractivity contribution in [2.24, 2.45) is 4.99 Å². The lowest BCUT2D eigenvalue weighted by atomic mass is 9.74. The van der Waals surface area contributed by atoms with Gasteiger partial charge in [0.25, 0.3) is 0 Å². The van der Waals surface area contributed by atoms with Crippen LogP contribution in [0.3, 0.4) is 0 Å². The summed E-state index contributed by atoms with van der Waals surface area (Å²) in [6, 6.07) is 8.77. The van der Waals surface area contributed by atoms with Gasteiger partial charge in [0.15, 0.2) is 5.96 Å². The molecule has 0 aliphatic carbocycles. The third kappa shape index (κ3) is 4.87. The van der Waals surface area contributed by atoms with Crippen LogP contribution in [-0.2, 0) is 10.2 Å². The number of rotatable bonds is 6. The van der Waals surface area contributed by atoms with Crippen LogP contribution in [0.4, 0.5) is 0 Å². The number of benzene rings is 1. The van der Waals surface area contributed by atoms with Crippen molar-refractivity contribution in [2.45, 2.75) is 45.1 Å². The van der Waals surface area contributed by atoms with Gasteiger partial charge in [-0.2, -0.15) is 0 Å². The number of hydrogen-bond donors (Lipinski definition) is 2. The molecule has 0 amide bonds. The zero-order valence-electron chi connectivity index (χ0n) is 15.4. The molecule has 1 aliphatic rings. The largest absolute Gasteiger partial charge is 0.497 e. The number of nitrogens with one attached hydrogen (secondary N) is 2. The Balaban J connectivity index is 2.22. The van der Waals surface area contributed by atoms with Crippen LogP contribution in [0.15, 0.2) is 29.3 Å². The van der Waals surface area contributed by atoms with Gasteiger partial charge >= 0.3 is 0 Å². The number of aliphatic imine (C=N–C) groups is 1. The lowest BCUT2D eigenvalue weighted by molar-refractivity contribution is 0.0531. The Bertz CT molecular complexity index is 520. The molecule has 0 unspecified atom stereocenters. The first kappa shape index (κ1) is 18.6. The predicted molar refractivity (Wildman–Crippen MR) is 99.0 cm³/mol. The molecule has 134 valence electrons. The topological polar surface area (TPSA) is 54.9 Å². The summed E-state index contributed by atoms with van der Waals surface area (Å²) >= 11 is 0. The molecular formula is C19H31N3O2. The van der Waals surface area contributed by atoms with E-state index in [0.29, 0.717) is 6.04 Å². The number of guanidine groups is 1. The smallest absolute Gasteiger partial charge is 0.191 e. The van der Waals surface area contributed by atoms with Crippen LogP contribution in [0.5, 0.6) is 5.75 Å². The summed E-state index contributed by atoms with van der Waals surface area (Å²) in [5.74, 6) is 1.77. The van der Waals surface area contributed by atoms with Crippen LogP contribution in [0.25, 0.3) is 0 Å². The van der Waals surface area contributed by atoms with Gasteiger partial charge in [-0.15, -0.1) is 0 Å². The quantitative estimate of drug-likeness (QED) is 0.621. The second-order valence-electron chi connectivity index (χ2n) is 6.62. The van der Waals surface area contributed by atoms with Gasteiger partial charge in [-0.05, 0) is 51.3 Å². The van der Waals surface area contributed by atoms with Crippen molar-refractivity contribution in [3.05, 3.63) is 29.8 Å². The third-order valence-electron chi connectivity index (χ3n) is 4.46. The van der Waals surface area contributed by atoms with E-state index in [-0.39, 0.29) is 5.41 Å². The van der Waals surface area contributed by atoms with E-state index in [0.717, 1.165) is 50.9 Å². The summed E-state index contributed by atoms with van der Waals surface area (Å²) in [5, 5.41) is 6.72. The zero-order chi connectivity index (χ0) is 17.4. The molecule has 1 saturated heterocycles. The normalized spacial score (nSPS) is 17.6. The molecule has 1 heterocycles. The van der Waals surface area contributed by atoms with Gasteiger partial charge in [0.05, 0.1) is 13.7 Å². The molecule has 0 spiro atoms. The highest BCUT2D eigenvalue weighted by atomic mass is 16.5. The lowest BCUT2D eigenvalue weighted by Crippen LogP contribution is -2.43. The van der Waals surface area contributed by atoms with E-state index in [9.17, 15) is 0 Å². The second-order valence-corrected chi connectivity index (χ2v) is 6.62. The Kier molecular flexibility index (Phi) is 6.91. The van der Waals surface area contributed by atoms with Crippen LogP contribution in [0.1, 0.15) is 39.2 Å². The minimum atomic E-state index is 0.0316. The van der Waals surface area contributed by atoms with Crippen molar-refractivity contribution in [1.29, 1.82) is 0 Å². The fraction of sp³-hybridized carbons (Fsp3) is 0.632. The summed E-state index contributed by atoms with van der Waals surface area (Å²) < 4.78 is 10.9. The fourth-order valence-electron chi connectivity index (χ4n) is 3.07. The van der Waals surface area contributed by atoms with Crippen LogP contribution in [0.2, 0.25) is 0 Å². The Morgan fingerprint density at radius 2 is 1.92 bits per heavy atom. The van der Waals surface area contributed by atoms with Gasteiger partial charge in [0.1, 0.15) is 5.75 Å². The first-order valence-corrected chi connectivity index (χ1v) is 8.87. The molecule has 1 aromatic rings. The summed E-state index contributed by atoms with van der Waals surface area (Å²) in [6.07, 6.45) is 1.98. The average molecular weight is 333 g/mol. The van der Waals surface area contributed by atoms with Gasteiger partial charge in [-0.25, -0.2) is 0 Å². The molecule has 0 radical (unpaired) electrons. The first-order chi connectivity index (χ1) is 11.6. The van der Waals surface area contributed by atoms with Crippen LogP contribution in [-0.4, -0.2) is 45.4 Å². The number of ether oxygens (including phenoxy) is 2. The van der Waals surface area contributed by atoms with Crippen molar-refractivity contribution < 1.29 is 9.47 Å². The van der Waals surface area contributed by atoms with Crippen molar-refractivity contribution in [2.75, 3.05) is 33.4 Å². The molecule has 5 heteroatoms. The molecule has 1 fully saturated rings. The van der Waals surface area contributed by atoms with E-state index in [1.54, 1.807) is 7.11 Å². The van der Waals surface area contributed by atoms with Crippen molar-refractivity contribution in [1.82, 2.24) is 10.6 Å². The number of nitrogens with zero attached hydrogens (tertiary/aromatic N) is 1. The van der Waals surface area contributed by atoms with Crippen LogP contribution < -0.4 is 15.4 Å². The highest BCUT2D eigenvalue weighted by Gasteiger charge is 2.34. The van der Waals surface area contributed by atoms with Crippen LogP contribution >= 0.6 is 0 Å². The molecule has 24 heavy (non-hydrogen) atoms. The third-order valence-corrected chi connectivity index (χ3v) is 4.46. The molecule has 2 rings (SSSR count). The standard InChI is InChI=1S/C19H31N3O2/c1-5-20-18(22-15(2)3)21-14-19(10-12-24-13-11-19)16-6-8-17(23-4)9-7-16/h6-9,15H,5,10-14H2,1-4H3,(H2,20,21,22). The van der Waals surface area contributed by atoms with E-state index in [1.165, 1.54) is 5.56 Å². The minimum Gasteiger partial charge on any atom is -0.497 e. The summed E-state index contributed by atoms with van der Waals surface area (Å²) in [7, 11) is 1.70. The Morgan fingerprint density at radius 1 is 1.25 bits per heavy atom. The van der Waals surface area contributed by atoms with E-state index in [2.05, 4.69) is 43.5 Å². The fourth-order valence-corrected chi connectivity index (χ4v) is 3.07.